The molecule has 0 saturated heterocycles. The highest BCUT2D eigenvalue weighted by molar-refractivity contribution is 7.52. The van der Waals surface area contributed by atoms with Crippen molar-refractivity contribution in [3.05, 3.63) is 0 Å². The van der Waals surface area contributed by atoms with Gasteiger partial charge in [-0.15, -0.1) is 0 Å². The largest absolute Gasteiger partial charge is 0.454 e. The first-order chi connectivity index (χ1) is 5.97. The summed E-state index contributed by atoms with van der Waals surface area (Å²) in [7, 11) is -5.77. The van der Waals surface area contributed by atoms with E-state index in [2.05, 4.69) is 0 Å². The lowest BCUT2D eigenvalue weighted by molar-refractivity contribution is 0.246. The van der Waals surface area contributed by atoms with Crippen molar-refractivity contribution in [2.75, 3.05) is 7.11 Å². The van der Waals surface area contributed by atoms with Gasteiger partial charge < -0.3 is 8.43 Å². The first-order valence-corrected chi connectivity index (χ1v) is 12.8. The van der Waals surface area contributed by atoms with Crippen LogP contribution in [0.25, 0.3) is 0 Å². The Morgan fingerprint density at radius 3 is 1.29 bits per heavy atom. The van der Waals surface area contributed by atoms with Crippen molar-refractivity contribution >= 4 is 24.5 Å². The van der Waals surface area contributed by atoms with E-state index in [-0.39, 0.29) is 0 Å². The van der Waals surface area contributed by atoms with Crippen LogP contribution >= 0.6 is 7.82 Å². The first-order valence-electron chi connectivity index (χ1n) is 4.55. The second-order valence-electron chi connectivity index (χ2n) is 5.04. The molecule has 0 rings (SSSR count). The van der Waals surface area contributed by atoms with Crippen molar-refractivity contribution in [1.82, 2.24) is 0 Å². The van der Waals surface area contributed by atoms with E-state index in [4.69, 9.17) is 12.9 Å². The molecule has 0 N–H and O–H groups in total. The average Bonchev–Trinajstić information content (AvgIpc) is 1.78. The molecule has 14 heavy (non-hydrogen) atoms. The lowest BCUT2D eigenvalue weighted by atomic mass is 11.8. The van der Waals surface area contributed by atoms with Crippen molar-refractivity contribution in [2.24, 2.45) is 0 Å². The summed E-state index contributed by atoms with van der Waals surface area (Å²) in [5, 5.41) is 0. The van der Waals surface area contributed by atoms with Gasteiger partial charge in [0.15, 0.2) is 16.6 Å². The molecule has 0 aromatic heterocycles. The van der Waals surface area contributed by atoms with E-state index in [1.165, 1.54) is 7.11 Å². The Kier molecular flexibility index (Phi) is 4.77. The average molecular weight is 256 g/mol. The fourth-order valence-electron chi connectivity index (χ4n) is 0.764. The Labute approximate surface area is 88.8 Å². The van der Waals surface area contributed by atoms with Crippen molar-refractivity contribution in [2.45, 2.75) is 39.3 Å². The van der Waals surface area contributed by atoms with Gasteiger partial charge in [0.25, 0.3) is 0 Å². The maximum absolute atomic E-state index is 12.0. The normalized spacial score (nSPS) is 14.5. The Morgan fingerprint density at radius 1 is 0.857 bits per heavy atom. The summed E-state index contributed by atoms with van der Waals surface area (Å²) in [6, 6.07) is 0. The molecule has 0 aliphatic carbocycles. The molecule has 86 valence electrons. The minimum Gasteiger partial charge on any atom is -0.331 e. The van der Waals surface area contributed by atoms with Gasteiger partial charge in [0.2, 0.25) is 0 Å². The smallest absolute Gasteiger partial charge is 0.331 e. The highest BCUT2D eigenvalue weighted by atomic mass is 31.2. The molecule has 0 aromatic rings. The van der Waals surface area contributed by atoms with Crippen LogP contribution < -0.4 is 0 Å². The van der Waals surface area contributed by atoms with Crippen LogP contribution in [0.3, 0.4) is 0 Å². The van der Waals surface area contributed by atoms with Gasteiger partial charge in [0.05, 0.1) is 0 Å². The molecule has 0 fully saturated rings. The third-order valence-corrected chi connectivity index (χ3v) is 7.61. The molecule has 0 aliphatic rings. The summed E-state index contributed by atoms with van der Waals surface area (Å²) in [4.78, 5) is 0. The monoisotopic (exact) mass is 256 g/mol. The van der Waals surface area contributed by atoms with Crippen LogP contribution in [0.2, 0.25) is 39.3 Å². The second kappa shape index (κ2) is 4.59. The molecule has 0 atom stereocenters. The SMILES string of the molecule is COP(=O)(O[Si](C)(C)C)O[Si](C)(C)C. The van der Waals surface area contributed by atoms with Gasteiger partial charge in [0, 0.05) is 7.11 Å². The predicted molar refractivity (Wildman–Crippen MR) is 63.5 cm³/mol. The van der Waals surface area contributed by atoms with E-state index in [1.807, 2.05) is 39.3 Å². The van der Waals surface area contributed by atoms with Crippen LogP contribution in [0.4, 0.5) is 0 Å². The summed E-state index contributed by atoms with van der Waals surface area (Å²) in [5.74, 6) is 0. The van der Waals surface area contributed by atoms with Gasteiger partial charge in [-0.25, -0.2) is 4.57 Å². The second-order valence-corrected chi connectivity index (χ2v) is 16.2. The minimum atomic E-state index is -3.32. The van der Waals surface area contributed by atoms with E-state index in [9.17, 15) is 4.57 Å². The number of hydrogen-bond donors (Lipinski definition) is 0. The van der Waals surface area contributed by atoms with E-state index in [0.717, 1.165) is 0 Å². The summed E-state index contributed by atoms with van der Waals surface area (Å²) in [5.41, 5.74) is 0. The molecule has 0 heterocycles. The van der Waals surface area contributed by atoms with Gasteiger partial charge in [-0.05, 0) is 39.3 Å². The Bertz CT molecular complexity index is 211. The van der Waals surface area contributed by atoms with E-state index >= 15 is 0 Å². The molecule has 0 unspecified atom stereocenters. The van der Waals surface area contributed by atoms with Crippen LogP contribution in [0.1, 0.15) is 0 Å². The number of hydrogen-bond acceptors (Lipinski definition) is 4. The highest BCUT2D eigenvalue weighted by Gasteiger charge is 2.36. The maximum atomic E-state index is 12.0. The minimum absolute atomic E-state index is 1.36. The Balaban J connectivity index is 4.59. The van der Waals surface area contributed by atoms with Crippen molar-refractivity contribution in [1.29, 1.82) is 0 Å². The molecule has 0 amide bonds. The van der Waals surface area contributed by atoms with Gasteiger partial charge in [-0.2, -0.15) is 0 Å². The molecular formula is C7H21O4PSi2. The van der Waals surface area contributed by atoms with Crippen molar-refractivity contribution in [3.63, 3.8) is 0 Å². The molecule has 0 bridgehead atoms. The zero-order valence-corrected chi connectivity index (χ0v) is 13.0. The van der Waals surface area contributed by atoms with Crippen LogP contribution in [-0.4, -0.2) is 23.7 Å². The molecule has 0 spiro atoms. The third kappa shape index (κ3) is 6.92. The summed E-state index contributed by atoms with van der Waals surface area (Å²) < 4.78 is 27.8. The van der Waals surface area contributed by atoms with Gasteiger partial charge in [-0.3, -0.25) is 4.52 Å². The lowest BCUT2D eigenvalue weighted by Crippen LogP contribution is -2.30. The number of phosphoric acid groups is 1. The Hall–Kier alpha value is 0.544. The van der Waals surface area contributed by atoms with Gasteiger partial charge >= 0.3 is 7.82 Å². The molecule has 0 saturated carbocycles. The van der Waals surface area contributed by atoms with E-state index in [0.29, 0.717) is 0 Å². The van der Waals surface area contributed by atoms with Crippen molar-refractivity contribution in [3.8, 4) is 0 Å². The standard InChI is InChI=1S/C7H21O4PSi2/c1-9-12(8,10-13(2,3)4)11-14(5,6)7/h1-7H3. The van der Waals surface area contributed by atoms with Gasteiger partial charge in [-0.1, -0.05) is 0 Å². The fourth-order valence-corrected chi connectivity index (χ4v) is 7.21. The van der Waals surface area contributed by atoms with Crippen LogP contribution in [0, 0.1) is 0 Å². The van der Waals surface area contributed by atoms with Crippen LogP contribution in [-0.2, 0) is 17.5 Å². The van der Waals surface area contributed by atoms with E-state index in [1.54, 1.807) is 0 Å². The third-order valence-electron chi connectivity index (χ3n) is 0.995. The molecular weight excluding hydrogens is 235 g/mol. The Morgan fingerprint density at radius 2 is 1.14 bits per heavy atom. The highest BCUT2D eigenvalue weighted by Crippen LogP contribution is 2.53. The molecule has 0 aromatic carbocycles. The van der Waals surface area contributed by atoms with Gasteiger partial charge in [0.1, 0.15) is 0 Å². The molecule has 0 aliphatic heterocycles. The summed E-state index contributed by atoms with van der Waals surface area (Å²) in [6.45, 7) is 11.7. The lowest BCUT2D eigenvalue weighted by Gasteiger charge is -2.28. The van der Waals surface area contributed by atoms with Crippen molar-refractivity contribution < 1.29 is 17.5 Å². The summed E-state index contributed by atoms with van der Waals surface area (Å²) in [6.07, 6.45) is 0. The van der Waals surface area contributed by atoms with E-state index < -0.39 is 24.5 Å². The fraction of sp³-hybridized carbons (Fsp3) is 1.00. The quantitative estimate of drug-likeness (QED) is 0.558. The molecule has 0 radical (unpaired) electrons. The van der Waals surface area contributed by atoms with Crippen LogP contribution in [0.15, 0.2) is 0 Å². The maximum Gasteiger partial charge on any atom is 0.454 e. The topological polar surface area (TPSA) is 44.8 Å². The predicted octanol–water partition coefficient (Wildman–Crippen LogP) is 3.44. The molecule has 7 heteroatoms. The zero-order chi connectivity index (χ0) is 11.6. The molecule has 4 nitrogen and oxygen atoms in total. The zero-order valence-electron chi connectivity index (χ0n) is 10.1. The van der Waals surface area contributed by atoms with Crippen LogP contribution in [0.5, 0.6) is 0 Å². The first kappa shape index (κ1) is 14.5. The summed E-state index contributed by atoms with van der Waals surface area (Å²) >= 11 is 0. The number of rotatable bonds is 5.